The third-order valence-electron chi connectivity index (χ3n) is 2.78. The fourth-order valence-corrected chi connectivity index (χ4v) is 1.88. The summed E-state index contributed by atoms with van der Waals surface area (Å²) < 4.78 is 10.4. The van der Waals surface area contributed by atoms with Gasteiger partial charge in [-0.2, -0.15) is 0 Å². The highest BCUT2D eigenvalue weighted by atomic mass is 16.6. The molecule has 0 bridgehead atoms. The van der Waals surface area contributed by atoms with E-state index in [4.69, 9.17) is 14.6 Å². The van der Waals surface area contributed by atoms with E-state index in [0.29, 0.717) is 0 Å². The van der Waals surface area contributed by atoms with Crippen LogP contribution in [0.4, 0.5) is 0 Å². The Hall–Kier alpha value is -1.92. The molecule has 0 unspecified atom stereocenters. The fourth-order valence-electron chi connectivity index (χ4n) is 1.88. The summed E-state index contributed by atoms with van der Waals surface area (Å²) in [5.74, 6) is -0.896. The zero-order valence-electron chi connectivity index (χ0n) is 13.9. The Morgan fingerprint density at radius 1 is 1.09 bits per heavy atom. The summed E-state index contributed by atoms with van der Waals surface area (Å²) >= 11 is 0. The van der Waals surface area contributed by atoms with Gasteiger partial charge in [0, 0.05) is 6.54 Å². The molecule has 0 aromatic heterocycles. The predicted molar refractivity (Wildman–Crippen MR) is 85.6 cm³/mol. The lowest BCUT2D eigenvalue weighted by atomic mass is 10.2. The largest absolute Gasteiger partial charge is 0.460 e. The minimum Gasteiger partial charge on any atom is -0.460 e. The average Bonchev–Trinajstić information content (AvgIpc) is 2.44. The molecule has 23 heavy (non-hydrogen) atoms. The molecule has 1 N–H and O–H groups in total. The first-order valence-corrected chi connectivity index (χ1v) is 7.55. The summed E-state index contributed by atoms with van der Waals surface area (Å²) in [6.45, 7) is 5.39. The van der Waals surface area contributed by atoms with Gasteiger partial charge in [0.1, 0.15) is 12.2 Å². The highest BCUT2D eigenvalue weighted by Crippen LogP contribution is 2.07. The van der Waals surface area contributed by atoms with Gasteiger partial charge in [0.2, 0.25) is 0 Å². The molecule has 0 aliphatic rings. The summed E-state index contributed by atoms with van der Waals surface area (Å²) in [5.41, 5.74) is 0.303. The highest BCUT2D eigenvalue weighted by molar-refractivity contribution is 5.75. The van der Waals surface area contributed by atoms with Crippen molar-refractivity contribution in [3.63, 3.8) is 0 Å². The first kappa shape index (κ1) is 19.1. The number of benzene rings is 1. The Morgan fingerprint density at radius 3 is 2.26 bits per heavy atom. The Bertz CT molecular complexity index is 495. The van der Waals surface area contributed by atoms with Gasteiger partial charge in [-0.05, 0) is 26.3 Å². The summed E-state index contributed by atoms with van der Waals surface area (Å²) in [6.07, 6.45) is 0. The Balaban J connectivity index is 2.44. The van der Waals surface area contributed by atoms with Crippen molar-refractivity contribution < 1.29 is 24.2 Å². The van der Waals surface area contributed by atoms with Crippen LogP contribution in [0.5, 0.6) is 0 Å². The number of aliphatic hydroxyl groups is 1. The Labute approximate surface area is 137 Å². The van der Waals surface area contributed by atoms with E-state index in [9.17, 15) is 9.59 Å². The van der Waals surface area contributed by atoms with E-state index in [0.717, 1.165) is 5.56 Å². The molecule has 0 saturated carbocycles. The van der Waals surface area contributed by atoms with Crippen LogP contribution in [0.15, 0.2) is 30.3 Å². The van der Waals surface area contributed by atoms with Gasteiger partial charge in [0.15, 0.2) is 0 Å². The van der Waals surface area contributed by atoms with E-state index in [1.165, 1.54) is 4.90 Å². The molecule has 0 aliphatic heterocycles. The Kier molecular flexibility index (Phi) is 7.71. The van der Waals surface area contributed by atoms with Crippen molar-refractivity contribution in [2.75, 3.05) is 26.2 Å². The number of rotatable bonds is 8. The van der Waals surface area contributed by atoms with Crippen molar-refractivity contribution in [1.82, 2.24) is 4.90 Å². The SMILES string of the molecule is CC(C)(C)OC(=O)CN(CCO)CC(=O)OCc1ccccc1. The van der Waals surface area contributed by atoms with Gasteiger partial charge in [-0.3, -0.25) is 14.5 Å². The van der Waals surface area contributed by atoms with Gasteiger partial charge in [0.05, 0.1) is 19.7 Å². The maximum atomic E-state index is 11.9. The lowest BCUT2D eigenvalue weighted by Gasteiger charge is -2.23. The molecule has 0 spiro atoms. The normalized spacial score (nSPS) is 11.3. The van der Waals surface area contributed by atoms with Crippen LogP contribution in [0.1, 0.15) is 26.3 Å². The number of hydrogen-bond donors (Lipinski definition) is 1. The maximum absolute atomic E-state index is 11.9. The van der Waals surface area contributed by atoms with E-state index in [2.05, 4.69) is 0 Å². The number of aliphatic hydroxyl groups excluding tert-OH is 1. The quantitative estimate of drug-likeness (QED) is 0.728. The van der Waals surface area contributed by atoms with Crippen LogP contribution in [0.25, 0.3) is 0 Å². The second kappa shape index (κ2) is 9.27. The third-order valence-corrected chi connectivity index (χ3v) is 2.78. The van der Waals surface area contributed by atoms with Crippen LogP contribution in [0.3, 0.4) is 0 Å². The number of nitrogens with zero attached hydrogens (tertiary/aromatic N) is 1. The van der Waals surface area contributed by atoms with Crippen LogP contribution >= 0.6 is 0 Å². The van der Waals surface area contributed by atoms with E-state index >= 15 is 0 Å². The number of hydrogen-bond acceptors (Lipinski definition) is 6. The van der Waals surface area contributed by atoms with Crippen LogP contribution in [-0.2, 0) is 25.7 Å². The first-order valence-electron chi connectivity index (χ1n) is 7.55. The van der Waals surface area contributed by atoms with Gasteiger partial charge in [-0.25, -0.2) is 0 Å². The second-order valence-corrected chi connectivity index (χ2v) is 6.17. The maximum Gasteiger partial charge on any atom is 0.320 e. The van der Waals surface area contributed by atoms with Crippen LogP contribution in [0, 0.1) is 0 Å². The molecule has 1 aromatic rings. The molecule has 0 amide bonds. The zero-order chi connectivity index (χ0) is 17.3. The van der Waals surface area contributed by atoms with E-state index in [-0.39, 0.29) is 32.8 Å². The molecule has 6 nitrogen and oxygen atoms in total. The first-order chi connectivity index (χ1) is 10.8. The topological polar surface area (TPSA) is 76.1 Å². The van der Waals surface area contributed by atoms with Crippen molar-refractivity contribution in [3.05, 3.63) is 35.9 Å². The Morgan fingerprint density at radius 2 is 1.70 bits per heavy atom. The number of ether oxygens (including phenoxy) is 2. The lowest BCUT2D eigenvalue weighted by molar-refractivity contribution is -0.157. The van der Waals surface area contributed by atoms with E-state index < -0.39 is 17.5 Å². The molecule has 0 fully saturated rings. The molecule has 6 heteroatoms. The summed E-state index contributed by atoms with van der Waals surface area (Å²) in [7, 11) is 0. The smallest absolute Gasteiger partial charge is 0.320 e. The molecule has 1 aromatic carbocycles. The molecular formula is C17H25NO5. The minimum absolute atomic E-state index is 0.0712. The zero-order valence-corrected chi connectivity index (χ0v) is 13.9. The van der Waals surface area contributed by atoms with Crippen molar-refractivity contribution in [1.29, 1.82) is 0 Å². The summed E-state index contributed by atoms with van der Waals surface area (Å²) in [6, 6.07) is 9.33. The lowest BCUT2D eigenvalue weighted by Crippen LogP contribution is -2.39. The molecule has 0 radical (unpaired) electrons. The van der Waals surface area contributed by atoms with Gasteiger partial charge in [-0.1, -0.05) is 30.3 Å². The molecule has 128 valence electrons. The molecule has 0 atom stereocenters. The van der Waals surface area contributed by atoms with Crippen molar-refractivity contribution in [3.8, 4) is 0 Å². The summed E-state index contributed by atoms with van der Waals surface area (Å²) in [5, 5.41) is 9.06. The summed E-state index contributed by atoms with van der Waals surface area (Å²) in [4.78, 5) is 25.2. The van der Waals surface area contributed by atoms with Gasteiger partial charge < -0.3 is 14.6 Å². The van der Waals surface area contributed by atoms with Crippen LogP contribution in [0.2, 0.25) is 0 Å². The minimum atomic E-state index is -0.588. The standard InChI is InChI=1S/C17H25NO5/c1-17(2,3)23-16(21)12-18(9-10-19)11-15(20)22-13-14-7-5-4-6-8-14/h4-8,19H,9-13H2,1-3H3. The number of esters is 2. The highest BCUT2D eigenvalue weighted by Gasteiger charge is 2.20. The van der Waals surface area contributed by atoms with Crippen LogP contribution < -0.4 is 0 Å². The van der Waals surface area contributed by atoms with Crippen molar-refractivity contribution in [2.45, 2.75) is 33.0 Å². The van der Waals surface area contributed by atoms with Crippen LogP contribution in [-0.4, -0.2) is 53.8 Å². The van der Waals surface area contributed by atoms with E-state index in [1.54, 1.807) is 20.8 Å². The predicted octanol–water partition coefficient (Wildman–Crippen LogP) is 1.37. The number of carbonyl (C=O) groups is 2. The molecule has 1 rings (SSSR count). The van der Waals surface area contributed by atoms with Gasteiger partial charge in [-0.15, -0.1) is 0 Å². The second-order valence-electron chi connectivity index (χ2n) is 6.17. The van der Waals surface area contributed by atoms with E-state index in [1.807, 2.05) is 30.3 Å². The number of carbonyl (C=O) groups excluding carboxylic acids is 2. The molecule has 0 aliphatic carbocycles. The molecule has 0 heterocycles. The molecule has 0 saturated heterocycles. The van der Waals surface area contributed by atoms with Crippen molar-refractivity contribution in [2.24, 2.45) is 0 Å². The average molecular weight is 323 g/mol. The van der Waals surface area contributed by atoms with Gasteiger partial charge >= 0.3 is 11.9 Å². The van der Waals surface area contributed by atoms with Crippen molar-refractivity contribution >= 4 is 11.9 Å². The molecular weight excluding hydrogens is 298 g/mol. The monoisotopic (exact) mass is 323 g/mol. The van der Waals surface area contributed by atoms with Gasteiger partial charge in [0.25, 0.3) is 0 Å². The fraction of sp³-hybridized carbons (Fsp3) is 0.529. The third kappa shape index (κ3) is 8.95.